The van der Waals surface area contributed by atoms with E-state index in [2.05, 4.69) is 17.1 Å². The molecule has 3 unspecified atom stereocenters. The van der Waals surface area contributed by atoms with E-state index in [-0.39, 0.29) is 5.97 Å². The predicted octanol–water partition coefficient (Wildman–Crippen LogP) is 1.26. The van der Waals surface area contributed by atoms with E-state index in [0.717, 1.165) is 18.9 Å². The Morgan fingerprint density at radius 2 is 2.28 bits per heavy atom. The molecule has 0 aliphatic carbocycles. The smallest absolute Gasteiger partial charge is 0.325 e. The number of carbonyl (C=O) groups excluding carboxylic acids is 1. The largest absolute Gasteiger partial charge is 0.468 e. The van der Waals surface area contributed by atoms with Gasteiger partial charge >= 0.3 is 5.97 Å². The number of carbonyl (C=O) groups is 1. The summed E-state index contributed by atoms with van der Waals surface area (Å²) in [6, 6.07) is 0. The molecular formula is C14H26N2O2. The minimum atomic E-state index is -0.456. The molecule has 4 heteroatoms. The van der Waals surface area contributed by atoms with Crippen LogP contribution in [0.15, 0.2) is 0 Å². The van der Waals surface area contributed by atoms with E-state index < -0.39 is 5.54 Å². The average Bonchev–Trinajstić information content (AvgIpc) is 2.96. The van der Waals surface area contributed by atoms with Crippen LogP contribution >= 0.6 is 0 Å². The summed E-state index contributed by atoms with van der Waals surface area (Å²) in [5.41, 5.74) is -0.456. The molecule has 2 aliphatic heterocycles. The fourth-order valence-corrected chi connectivity index (χ4v) is 3.50. The van der Waals surface area contributed by atoms with E-state index in [0.29, 0.717) is 5.92 Å². The van der Waals surface area contributed by atoms with Crippen molar-refractivity contribution in [3.05, 3.63) is 0 Å². The molecular weight excluding hydrogens is 228 g/mol. The van der Waals surface area contributed by atoms with E-state index in [9.17, 15) is 4.79 Å². The third-order valence-corrected chi connectivity index (χ3v) is 4.60. The topological polar surface area (TPSA) is 41.6 Å². The third-order valence-electron chi connectivity index (χ3n) is 4.60. The molecule has 1 N–H and O–H groups in total. The molecule has 0 aromatic heterocycles. The van der Waals surface area contributed by atoms with Gasteiger partial charge < -0.3 is 15.0 Å². The molecule has 18 heavy (non-hydrogen) atoms. The molecule has 2 saturated heterocycles. The van der Waals surface area contributed by atoms with Crippen molar-refractivity contribution in [3.8, 4) is 0 Å². The first-order valence-corrected chi connectivity index (χ1v) is 7.13. The van der Waals surface area contributed by atoms with Gasteiger partial charge in [-0.1, -0.05) is 6.92 Å². The predicted molar refractivity (Wildman–Crippen MR) is 71.4 cm³/mol. The average molecular weight is 254 g/mol. The van der Waals surface area contributed by atoms with Crippen molar-refractivity contribution < 1.29 is 9.53 Å². The first kappa shape index (κ1) is 13.8. The normalized spacial score (nSPS) is 37.1. The minimum absolute atomic E-state index is 0.119. The van der Waals surface area contributed by atoms with Gasteiger partial charge in [0.25, 0.3) is 0 Å². The van der Waals surface area contributed by atoms with Crippen molar-refractivity contribution in [2.75, 3.05) is 33.3 Å². The fourth-order valence-electron chi connectivity index (χ4n) is 3.50. The van der Waals surface area contributed by atoms with E-state index in [4.69, 9.17) is 4.74 Å². The van der Waals surface area contributed by atoms with Crippen molar-refractivity contribution in [1.82, 2.24) is 10.2 Å². The summed E-state index contributed by atoms with van der Waals surface area (Å²) in [5, 5.41) is 3.34. The number of methoxy groups -OCH3 is 1. The van der Waals surface area contributed by atoms with Crippen LogP contribution in [0, 0.1) is 11.8 Å². The standard InChI is InChI=1S/C14H26N2O2/c1-4-16-6-5-11(10-16)7-12-8-14(2,15-9-12)13(17)18-3/h11-12,15H,4-10H2,1-3H3. The fraction of sp³-hybridized carbons (Fsp3) is 0.929. The van der Waals surface area contributed by atoms with Crippen LogP contribution in [0.4, 0.5) is 0 Å². The Morgan fingerprint density at radius 1 is 1.50 bits per heavy atom. The highest BCUT2D eigenvalue weighted by Gasteiger charge is 2.42. The second-order valence-corrected chi connectivity index (χ2v) is 6.06. The summed E-state index contributed by atoms with van der Waals surface area (Å²) in [6.45, 7) is 8.80. The van der Waals surface area contributed by atoms with Crippen LogP contribution in [0.5, 0.6) is 0 Å². The Bertz CT molecular complexity index is 308. The quantitative estimate of drug-likeness (QED) is 0.767. The Kier molecular flexibility index (Phi) is 4.28. The van der Waals surface area contributed by atoms with Gasteiger partial charge in [0.05, 0.1) is 7.11 Å². The highest BCUT2D eigenvalue weighted by molar-refractivity contribution is 5.80. The molecule has 0 amide bonds. The zero-order valence-corrected chi connectivity index (χ0v) is 11.9. The van der Waals surface area contributed by atoms with Crippen LogP contribution in [-0.2, 0) is 9.53 Å². The maximum atomic E-state index is 11.7. The lowest BCUT2D eigenvalue weighted by Crippen LogP contribution is -2.45. The molecule has 2 aliphatic rings. The second-order valence-electron chi connectivity index (χ2n) is 6.06. The van der Waals surface area contributed by atoms with Gasteiger partial charge in [0.1, 0.15) is 5.54 Å². The highest BCUT2D eigenvalue weighted by atomic mass is 16.5. The van der Waals surface area contributed by atoms with Crippen molar-refractivity contribution in [3.63, 3.8) is 0 Å². The van der Waals surface area contributed by atoms with Gasteiger partial charge in [-0.2, -0.15) is 0 Å². The number of likely N-dealkylation sites (tertiary alicyclic amines) is 1. The molecule has 2 fully saturated rings. The van der Waals surface area contributed by atoms with Crippen LogP contribution in [0.3, 0.4) is 0 Å². The van der Waals surface area contributed by atoms with Crippen molar-refractivity contribution >= 4 is 5.97 Å². The van der Waals surface area contributed by atoms with E-state index in [1.54, 1.807) is 0 Å². The Balaban J connectivity index is 1.81. The monoisotopic (exact) mass is 254 g/mol. The molecule has 0 saturated carbocycles. The maximum absolute atomic E-state index is 11.7. The molecule has 104 valence electrons. The SMILES string of the molecule is CCN1CCC(CC2CNC(C)(C(=O)OC)C2)C1. The zero-order valence-electron chi connectivity index (χ0n) is 11.9. The summed E-state index contributed by atoms with van der Waals surface area (Å²) in [7, 11) is 1.47. The molecule has 0 bridgehead atoms. The lowest BCUT2D eigenvalue weighted by atomic mass is 9.88. The first-order chi connectivity index (χ1) is 8.57. The highest BCUT2D eigenvalue weighted by Crippen LogP contribution is 2.32. The van der Waals surface area contributed by atoms with Crippen LogP contribution in [0.1, 0.15) is 33.1 Å². The number of esters is 1. The molecule has 0 aromatic carbocycles. The second kappa shape index (κ2) is 5.57. The first-order valence-electron chi connectivity index (χ1n) is 7.13. The molecule has 0 spiro atoms. The summed E-state index contributed by atoms with van der Waals surface area (Å²) < 4.78 is 4.88. The maximum Gasteiger partial charge on any atom is 0.325 e. The van der Waals surface area contributed by atoms with Crippen molar-refractivity contribution in [2.45, 2.75) is 38.6 Å². The van der Waals surface area contributed by atoms with Gasteiger partial charge in [0, 0.05) is 6.54 Å². The molecule has 0 aromatic rings. The van der Waals surface area contributed by atoms with Crippen LogP contribution in [0.25, 0.3) is 0 Å². The number of hydrogen-bond donors (Lipinski definition) is 1. The number of ether oxygens (including phenoxy) is 1. The third kappa shape index (κ3) is 2.86. The van der Waals surface area contributed by atoms with E-state index in [1.165, 1.54) is 39.6 Å². The summed E-state index contributed by atoms with van der Waals surface area (Å²) in [6.07, 6.45) is 3.48. The number of nitrogens with zero attached hydrogens (tertiary/aromatic N) is 1. The Hall–Kier alpha value is -0.610. The van der Waals surface area contributed by atoms with Gasteiger partial charge in [-0.15, -0.1) is 0 Å². The van der Waals surface area contributed by atoms with Crippen LogP contribution in [0.2, 0.25) is 0 Å². The molecule has 0 radical (unpaired) electrons. The van der Waals surface area contributed by atoms with Gasteiger partial charge in [-0.3, -0.25) is 4.79 Å². The van der Waals surface area contributed by atoms with Crippen molar-refractivity contribution in [2.24, 2.45) is 11.8 Å². The van der Waals surface area contributed by atoms with Gasteiger partial charge in [0.15, 0.2) is 0 Å². The van der Waals surface area contributed by atoms with Gasteiger partial charge in [-0.25, -0.2) is 0 Å². The summed E-state index contributed by atoms with van der Waals surface area (Å²) >= 11 is 0. The molecule has 3 atom stereocenters. The zero-order chi connectivity index (χ0) is 13.2. The summed E-state index contributed by atoms with van der Waals surface area (Å²) in [4.78, 5) is 14.2. The van der Waals surface area contributed by atoms with Gasteiger partial charge in [0.2, 0.25) is 0 Å². The van der Waals surface area contributed by atoms with Crippen LogP contribution in [-0.4, -0.2) is 49.7 Å². The summed E-state index contributed by atoms with van der Waals surface area (Å²) in [5.74, 6) is 1.32. The van der Waals surface area contributed by atoms with Gasteiger partial charge in [-0.05, 0) is 57.7 Å². The van der Waals surface area contributed by atoms with Crippen LogP contribution < -0.4 is 5.32 Å². The number of hydrogen-bond acceptors (Lipinski definition) is 4. The molecule has 2 heterocycles. The molecule has 4 nitrogen and oxygen atoms in total. The number of rotatable bonds is 4. The van der Waals surface area contributed by atoms with E-state index >= 15 is 0 Å². The Labute approximate surface area is 110 Å². The van der Waals surface area contributed by atoms with E-state index in [1.807, 2.05) is 6.92 Å². The van der Waals surface area contributed by atoms with Crippen molar-refractivity contribution in [1.29, 1.82) is 0 Å². The minimum Gasteiger partial charge on any atom is -0.468 e. The number of nitrogens with one attached hydrogen (secondary N) is 1. The molecule has 2 rings (SSSR count). The lowest BCUT2D eigenvalue weighted by molar-refractivity contribution is -0.147. The Morgan fingerprint density at radius 3 is 2.89 bits per heavy atom. The lowest BCUT2D eigenvalue weighted by Gasteiger charge is -2.21.